The minimum atomic E-state index is -0.742. The van der Waals surface area contributed by atoms with Gasteiger partial charge in [-0.2, -0.15) is 0 Å². The smallest absolute Gasteiger partial charge is 0.320 e. The Morgan fingerprint density at radius 3 is 2.61 bits per heavy atom. The number of hydrogen-bond acceptors (Lipinski definition) is 4. The lowest BCUT2D eigenvalue weighted by Crippen LogP contribution is -2.40. The van der Waals surface area contributed by atoms with Crippen LogP contribution in [0.5, 0.6) is 0 Å². The highest BCUT2D eigenvalue weighted by Gasteiger charge is 2.31. The van der Waals surface area contributed by atoms with Gasteiger partial charge in [-0.15, -0.1) is 0 Å². The van der Waals surface area contributed by atoms with Gasteiger partial charge in [0, 0.05) is 25.7 Å². The molecule has 0 aromatic carbocycles. The van der Waals surface area contributed by atoms with Crippen molar-refractivity contribution in [3.8, 4) is 0 Å². The van der Waals surface area contributed by atoms with Gasteiger partial charge in [0.15, 0.2) is 0 Å². The molecule has 1 aliphatic rings. The summed E-state index contributed by atoms with van der Waals surface area (Å²) in [7, 11) is 4.23. The first kappa shape index (κ1) is 15.4. The molecule has 1 rings (SSSR count). The maximum atomic E-state index is 11.0. The summed E-state index contributed by atoms with van der Waals surface area (Å²) < 4.78 is 0. The van der Waals surface area contributed by atoms with Crippen molar-refractivity contribution in [2.24, 2.45) is 5.92 Å². The van der Waals surface area contributed by atoms with Gasteiger partial charge >= 0.3 is 5.97 Å². The fourth-order valence-electron chi connectivity index (χ4n) is 2.77. The molecule has 3 unspecified atom stereocenters. The number of nitrogens with zero attached hydrogens (tertiary/aromatic N) is 2. The Morgan fingerprint density at radius 1 is 1.50 bits per heavy atom. The Hall–Kier alpha value is -0.650. The molecule has 1 aliphatic heterocycles. The molecule has 18 heavy (non-hydrogen) atoms. The third kappa shape index (κ3) is 4.23. The number of carbonyl (C=O) groups is 1. The predicted octanol–water partition coefficient (Wildman–Crippen LogP) is 0.321. The van der Waals surface area contributed by atoms with E-state index in [4.69, 9.17) is 5.11 Å². The first-order chi connectivity index (χ1) is 8.45. The maximum Gasteiger partial charge on any atom is 0.320 e. The second-order valence-corrected chi connectivity index (χ2v) is 5.50. The van der Waals surface area contributed by atoms with Crippen LogP contribution in [0.25, 0.3) is 0 Å². The first-order valence-electron chi connectivity index (χ1n) is 6.80. The fourth-order valence-corrected chi connectivity index (χ4v) is 2.77. The fraction of sp³-hybridized carbons (Fsp3) is 0.923. The van der Waals surface area contributed by atoms with Crippen molar-refractivity contribution in [1.82, 2.24) is 15.1 Å². The summed E-state index contributed by atoms with van der Waals surface area (Å²) in [6.45, 7) is 7.89. The average molecular weight is 257 g/mol. The van der Waals surface area contributed by atoms with Crippen molar-refractivity contribution in [2.75, 3.05) is 40.3 Å². The van der Waals surface area contributed by atoms with Crippen LogP contribution in [0.1, 0.15) is 20.3 Å². The highest BCUT2D eigenvalue weighted by Crippen LogP contribution is 2.20. The minimum Gasteiger partial charge on any atom is -0.480 e. The third-order valence-corrected chi connectivity index (χ3v) is 3.79. The molecule has 1 heterocycles. The normalized spacial score (nSPS) is 26.7. The molecule has 0 aromatic heterocycles. The van der Waals surface area contributed by atoms with Gasteiger partial charge in [-0.1, -0.05) is 13.8 Å². The lowest BCUT2D eigenvalue weighted by molar-refractivity contribution is -0.139. The molecule has 0 bridgehead atoms. The van der Waals surface area contributed by atoms with Gasteiger partial charge in [0.05, 0.1) is 0 Å². The van der Waals surface area contributed by atoms with Crippen LogP contribution in [0, 0.1) is 5.92 Å². The second-order valence-electron chi connectivity index (χ2n) is 5.50. The van der Waals surface area contributed by atoms with Gasteiger partial charge in [0.2, 0.25) is 0 Å². The van der Waals surface area contributed by atoms with E-state index in [0.29, 0.717) is 24.9 Å². The zero-order chi connectivity index (χ0) is 13.7. The number of likely N-dealkylation sites (N-methyl/N-ethyl adjacent to an activating group) is 2. The molecule has 1 fully saturated rings. The molecule has 1 saturated heterocycles. The van der Waals surface area contributed by atoms with Gasteiger partial charge in [-0.3, -0.25) is 4.79 Å². The highest BCUT2D eigenvalue weighted by atomic mass is 16.4. The zero-order valence-corrected chi connectivity index (χ0v) is 12.0. The Morgan fingerprint density at radius 2 is 2.17 bits per heavy atom. The molecule has 3 atom stereocenters. The average Bonchev–Trinajstić information content (AvgIpc) is 2.65. The lowest BCUT2D eigenvalue weighted by Gasteiger charge is -2.23. The van der Waals surface area contributed by atoms with E-state index < -0.39 is 12.0 Å². The Kier molecular flexibility index (Phi) is 6.05. The van der Waals surface area contributed by atoms with Crippen LogP contribution in [-0.4, -0.2) is 73.2 Å². The number of likely N-dealkylation sites (tertiary alicyclic amines) is 1. The molecular weight excluding hydrogens is 230 g/mol. The molecule has 0 saturated carbocycles. The Bertz CT molecular complexity index is 271. The summed E-state index contributed by atoms with van der Waals surface area (Å²) in [4.78, 5) is 15.7. The van der Waals surface area contributed by atoms with Crippen LogP contribution in [0.4, 0.5) is 0 Å². The number of carboxylic acids is 1. The van der Waals surface area contributed by atoms with E-state index in [9.17, 15) is 4.79 Å². The van der Waals surface area contributed by atoms with Crippen molar-refractivity contribution in [3.05, 3.63) is 0 Å². The highest BCUT2D eigenvalue weighted by molar-refractivity contribution is 5.73. The van der Waals surface area contributed by atoms with E-state index >= 15 is 0 Å². The zero-order valence-electron chi connectivity index (χ0n) is 12.0. The monoisotopic (exact) mass is 257 g/mol. The number of rotatable bonds is 7. The Balaban J connectivity index is 2.38. The van der Waals surface area contributed by atoms with Gasteiger partial charge in [-0.25, -0.2) is 0 Å². The molecule has 0 spiro atoms. The minimum absolute atomic E-state index is 0.413. The summed E-state index contributed by atoms with van der Waals surface area (Å²) in [6, 6.07) is 0.177. The van der Waals surface area contributed by atoms with Crippen molar-refractivity contribution in [3.63, 3.8) is 0 Å². The number of carboxylic acid groups (broad SMARTS) is 1. The standard InChI is InChI=1S/C13H27N3O2/c1-5-14-11(13(17)18)6-7-16-8-10(2)12(9-16)15(3)4/h10-12,14H,5-9H2,1-4H3,(H,17,18). The summed E-state index contributed by atoms with van der Waals surface area (Å²) in [6.07, 6.45) is 0.677. The van der Waals surface area contributed by atoms with Gasteiger partial charge in [-0.05, 0) is 33.0 Å². The summed E-state index contributed by atoms with van der Waals surface area (Å²) >= 11 is 0. The van der Waals surface area contributed by atoms with Gasteiger partial charge in [0.1, 0.15) is 6.04 Å². The molecule has 0 amide bonds. The molecule has 106 valence electrons. The molecule has 2 N–H and O–H groups in total. The Labute approximate surface area is 110 Å². The predicted molar refractivity (Wildman–Crippen MR) is 72.8 cm³/mol. The van der Waals surface area contributed by atoms with Crippen LogP contribution in [-0.2, 0) is 4.79 Å². The topological polar surface area (TPSA) is 55.8 Å². The van der Waals surface area contributed by atoms with Crippen molar-refractivity contribution < 1.29 is 9.90 Å². The molecule has 5 heteroatoms. The first-order valence-corrected chi connectivity index (χ1v) is 6.80. The van der Waals surface area contributed by atoms with E-state index in [1.54, 1.807) is 0 Å². The molecular formula is C13H27N3O2. The summed E-state index contributed by atoms with van der Waals surface area (Å²) in [5.74, 6) is -0.0873. The summed E-state index contributed by atoms with van der Waals surface area (Å²) in [5, 5.41) is 12.1. The van der Waals surface area contributed by atoms with Crippen molar-refractivity contribution in [2.45, 2.75) is 32.4 Å². The van der Waals surface area contributed by atoms with E-state index in [-0.39, 0.29) is 0 Å². The third-order valence-electron chi connectivity index (χ3n) is 3.79. The van der Waals surface area contributed by atoms with E-state index in [1.807, 2.05) is 6.92 Å². The molecule has 0 aliphatic carbocycles. The summed E-state index contributed by atoms with van der Waals surface area (Å²) in [5.41, 5.74) is 0. The van der Waals surface area contributed by atoms with Crippen LogP contribution in [0.2, 0.25) is 0 Å². The van der Waals surface area contributed by atoms with Crippen LogP contribution in [0.15, 0.2) is 0 Å². The van der Waals surface area contributed by atoms with E-state index in [1.165, 1.54) is 0 Å². The van der Waals surface area contributed by atoms with Gasteiger partial charge in [0.25, 0.3) is 0 Å². The number of aliphatic carboxylic acids is 1. The quantitative estimate of drug-likeness (QED) is 0.688. The number of nitrogens with one attached hydrogen (secondary N) is 1. The van der Waals surface area contributed by atoms with E-state index in [0.717, 1.165) is 19.6 Å². The molecule has 5 nitrogen and oxygen atoms in total. The van der Waals surface area contributed by atoms with Gasteiger partial charge < -0.3 is 20.2 Å². The van der Waals surface area contributed by atoms with E-state index in [2.05, 4.69) is 36.1 Å². The van der Waals surface area contributed by atoms with Crippen molar-refractivity contribution in [1.29, 1.82) is 0 Å². The SMILES string of the molecule is CCNC(CCN1CC(C)C(N(C)C)C1)C(=O)O. The van der Waals surface area contributed by atoms with Crippen LogP contribution >= 0.6 is 0 Å². The van der Waals surface area contributed by atoms with Crippen LogP contribution < -0.4 is 5.32 Å². The maximum absolute atomic E-state index is 11.0. The number of hydrogen-bond donors (Lipinski definition) is 2. The second kappa shape index (κ2) is 7.07. The molecule has 0 aromatic rings. The molecule has 0 radical (unpaired) electrons. The van der Waals surface area contributed by atoms with Crippen LogP contribution in [0.3, 0.4) is 0 Å². The van der Waals surface area contributed by atoms with Crippen molar-refractivity contribution >= 4 is 5.97 Å². The lowest BCUT2D eigenvalue weighted by atomic mass is 10.1. The largest absolute Gasteiger partial charge is 0.480 e.